The van der Waals surface area contributed by atoms with E-state index >= 15 is 0 Å². The van der Waals surface area contributed by atoms with Crippen molar-refractivity contribution in [3.05, 3.63) is 0 Å². The fraction of sp³-hybridized carbons (Fsp3) is 0.929. The number of esters is 1. The molecule has 0 aliphatic carbocycles. The van der Waals surface area contributed by atoms with Crippen LogP contribution in [0.15, 0.2) is 0 Å². The first-order chi connectivity index (χ1) is 7.95. The van der Waals surface area contributed by atoms with E-state index in [0.29, 0.717) is 18.4 Å². The highest BCUT2D eigenvalue weighted by molar-refractivity contribution is 7.80. The van der Waals surface area contributed by atoms with E-state index < -0.39 is 0 Å². The topological polar surface area (TPSA) is 26.3 Å². The Kier molecular flexibility index (Phi) is 9.71. The maximum absolute atomic E-state index is 11.3. The average molecular weight is 260 g/mol. The number of ether oxygens (including phenoxy) is 1. The first-order valence-electron chi connectivity index (χ1n) is 6.72. The smallest absolute Gasteiger partial charge is 0.305 e. The molecule has 0 bridgehead atoms. The van der Waals surface area contributed by atoms with Crippen molar-refractivity contribution in [2.75, 3.05) is 12.4 Å². The SMILES string of the molecule is CC(C)(C)CCCCCOC(=O)CCCCS. The van der Waals surface area contributed by atoms with Crippen LogP contribution in [0.1, 0.15) is 65.7 Å². The lowest BCUT2D eigenvalue weighted by atomic mass is 9.89. The predicted molar refractivity (Wildman–Crippen MR) is 76.6 cm³/mol. The van der Waals surface area contributed by atoms with Gasteiger partial charge < -0.3 is 4.74 Å². The zero-order chi connectivity index (χ0) is 13.1. The minimum absolute atomic E-state index is 0.0531. The van der Waals surface area contributed by atoms with Crippen LogP contribution in [0.4, 0.5) is 0 Å². The Hall–Kier alpha value is -0.180. The van der Waals surface area contributed by atoms with E-state index in [0.717, 1.165) is 31.4 Å². The molecule has 0 saturated carbocycles. The van der Waals surface area contributed by atoms with Gasteiger partial charge in [-0.25, -0.2) is 0 Å². The highest BCUT2D eigenvalue weighted by Gasteiger charge is 2.09. The number of rotatable bonds is 9. The molecule has 0 aromatic carbocycles. The molecule has 0 amide bonds. The van der Waals surface area contributed by atoms with E-state index in [1.54, 1.807) is 0 Å². The standard InChI is InChI=1S/C14H28O2S/c1-14(2,3)10-6-4-7-11-16-13(15)9-5-8-12-17/h17H,4-12H2,1-3H3. The molecule has 2 nitrogen and oxygen atoms in total. The van der Waals surface area contributed by atoms with Gasteiger partial charge in [0.1, 0.15) is 0 Å². The van der Waals surface area contributed by atoms with Crippen molar-refractivity contribution in [1.82, 2.24) is 0 Å². The lowest BCUT2D eigenvalue weighted by molar-refractivity contribution is -0.143. The zero-order valence-corrected chi connectivity index (χ0v) is 12.5. The molecule has 0 aromatic rings. The molecule has 3 heteroatoms. The first kappa shape index (κ1) is 16.8. The highest BCUT2D eigenvalue weighted by atomic mass is 32.1. The van der Waals surface area contributed by atoms with Crippen LogP contribution >= 0.6 is 12.6 Å². The van der Waals surface area contributed by atoms with Crippen LogP contribution in [0, 0.1) is 5.41 Å². The summed E-state index contributed by atoms with van der Waals surface area (Å²) in [7, 11) is 0. The van der Waals surface area contributed by atoms with Gasteiger partial charge in [-0.05, 0) is 36.9 Å². The molecule has 0 aliphatic rings. The minimum atomic E-state index is -0.0531. The van der Waals surface area contributed by atoms with E-state index in [1.165, 1.54) is 12.8 Å². The lowest BCUT2D eigenvalue weighted by Crippen LogP contribution is -2.07. The quantitative estimate of drug-likeness (QED) is 0.381. The van der Waals surface area contributed by atoms with Gasteiger partial charge in [0.2, 0.25) is 0 Å². The third-order valence-corrected chi connectivity index (χ3v) is 2.94. The normalized spacial score (nSPS) is 11.5. The number of carbonyl (C=O) groups is 1. The van der Waals surface area contributed by atoms with Crippen LogP contribution in [0.5, 0.6) is 0 Å². The van der Waals surface area contributed by atoms with Crippen molar-refractivity contribution in [2.24, 2.45) is 5.41 Å². The summed E-state index contributed by atoms with van der Waals surface area (Å²) in [5.74, 6) is 0.794. The van der Waals surface area contributed by atoms with Crippen molar-refractivity contribution in [3.8, 4) is 0 Å². The largest absolute Gasteiger partial charge is 0.466 e. The fourth-order valence-corrected chi connectivity index (χ4v) is 1.80. The molecule has 0 atom stereocenters. The Morgan fingerprint density at radius 3 is 2.35 bits per heavy atom. The van der Waals surface area contributed by atoms with Crippen LogP contribution in [-0.4, -0.2) is 18.3 Å². The Labute approximate surface area is 112 Å². The van der Waals surface area contributed by atoms with Crippen molar-refractivity contribution in [1.29, 1.82) is 0 Å². The zero-order valence-electron chi connectivity index (χ0n) is 11.6. The van der Waals surface area contributed by atoms with Gasteiger partial charge in [-0.2, -0.15) is 12.6 Å². The van der Waals surface area contributed by atoms with Gasteiger partial charge in [-0.3, -0.25) is 4.79 Å². The van der Waals surface area contributed by atoms with E-state index in [-0.39, 0.29) is 5.97 Å². The summed E-state index contributed by atoms with van der Waals surface area (Å²) in [6, 6.07) is 0. The van der Waals surface area contributed by atoms with Gasteiger partial charge in [0, 0.05) is 6.42 Å². The van der Waals surface area contributed by atoms with E-state index in [2.05, 4.69) is 33.4 Å². The number of unbranched alkanes of at least 4 members (excludes halogenated alkanes) is 3. The van der Waals surface area contributed by atoms with Gasteiger partial charge in [0.15, 0.2) is 0 Å². The predicted octanol–water partition coefficient (Wildman–Crippen LogP) is 4.24. The second-order valence-electron chi connectivity index (χ2n) is 5.77. The van der Waals surface area contributed by atoms with Crippen LogP contribution in [0.25, 0.3) is 0 Å². The molecule has 0 saturated heterocycles. The summed E-state index contributed by atoms with van der Waals surface area (Å²) in [5.41, 5.74) is 0.420. The fourth-order valence-electron chi connectivity index (χ4n) is 1.57. The summed E-state index contributed by atoms with van der Waals surface area (Å²) in [6.45, 7) is 7.36. The molecule has 0 N–H and O–H groups in total. The van der Waals surface area contributed by atoms with Gasteiger partial charge in [-0.1, -0.05) is 33.6 Å². The van der Waals surface area contributed by atoms with Gasteiger partial charge in [0.05, 0.1) is 6.61 Å². The van der Waals surface area contributed by atoms with Gasteiger partial charge >= 0.3 is 5.97 Å². The molecule has 102 valence electrons. The molecular weight excluding hydrogens is 232 g/mol. The Bertz CT molecular complexity index is 197. The van der Waals surface area contributed by atoms with Crippen molar-refractivity contribution >= 4 is 18.6 Å². The molecule has 0 spiro atoms. The van der Waals surface area contributed by atoms with Crippen molar-refractivity contribution < 1.29 is 9.53 Å². The molecule has 0 unspecified atom stereocenters. The minimum Gasteiger partial charge on any atom is -0.466 e. The molecule has 0 aromatic heterocycles. The van der Waals surface area contributed by atoms with Crippen LogP contribution in [0.3, 0.4) is 0 Å². The molecule has 0 heterocycles. The molecule has 17 heavy (non-hydrogen) atoms. The summed E-state index contributed by atoms with van der Waals surface area (Å²) >= 11 is 4.10. The van der Waals surface area contributed by atoms with E-state index in [4.69, 9.17) is 4.74 Å². The highest BCUT2D eigenvalue weighted by Crippen LogP contribution is 2.21. The molecule has 0 radical (unpaired) electrons. The summed E-state index contributed by atoms with van der Waals surface area (Å²) in [4.78, 5) is 11.3. The maximum atomic E-state index is 11.3. The second-order valence-corrected chi connectivity index (χ2v) is 6.22. The number of hydrogen-bond donors (Lipinski definition) is 1. The van der Waals surface area contributed by atoms with Crippen molar-refractivity contribution in [2.45, 2.75) is 65.7 Å². The third kappa shape index (κ3) is 13.8. The summed E-state index contributed by atoms with van der Waals surface area (Å²) < 4.78 is 5.16. The summed E-state index contributed by atoms with van der Waals surface area (Å²) in [6.07, 6.45) is 7.04. The van der Waals surface area contributed by atoms with Gasteiger partial charge in [-0.15, -0.1) is 0 Å². The number of thiol groups is 1. The van der Waals surface area contributed by atoms with E-state index in [9.17, 15) is 4.79 Å². The second kappa shape index (κ2) is 9.81. The van der Waals surface area contributed by atoms with E-state index in [1.807, 2.05) is 0 Å². The van der Waals surface area contributed by atoms with Gasteiger partial charge in [0.25, 0.3) is 0 Å². The van der Waals surface area contributed by atoms with Crippen LogP contribution < -0.4 is 0 Å². The Balaban J connectivity index is 3.25. The molecule has 0 aliphatic heterocycles. The lowest BCUT2D eigenvalue weighted by Gasteiger charge is -2.17. The number of hydrogen-bond acceptors (Lipinski definition) is 3. The van der Waals surface area contributed by atoms with Crippen molar-refractivity contribution in [3.63, 3.8) is 0 Å². The molecular formula is C14H28O2S. The number of carbonyl (C=O) groups excluding carboxylic acids is 1. The monoisotopic (exact) mass is 260 g/mol. The van der Waals surface area contributed by atoms with Crippen LogP contribution in [-0.2, 0) is 9.53 Å². The molecule has 0 fully saturated rings. The third-order valence-electron chi connectivity index (χ3n) is 2.62. The van der Waals surface area contributed by atoms with Crippen LogP contribution in [0.2, 0.25) is 0 Å². The Morgan fingerprint density at radius 1 is 1.06 bits per heavy atom. The molecule has 0 rings (SSSR count). The Morgan fingerprint density at radius 2 is 1.76 bits per heavy atom. The maximum Gasteiger partial charge on any atom is 0.305 e. The first-order valence-corrected chi connectivity index (χ1v) is 7.35. The summed E-state index contributed by atoms with van der Waals surface area (Å²) in [5, 5.41) is 0. The average Bonchev–Trinajstić information content (AvgIpc) is 2.22.